The number of nitrogens with zero attached hydrogens (tertiary/aromatic N) is 2. The first kappa shape index (κ1) is 14.9. The van der Waals surface area contributed by atoms with E-state index in [1.54, 1.807) is 0 Å². The highest BCUT2D eigenvalue weighted by atomic mass is 16.5. The molecule has 102 valence electrons. The maximum absolute atomic E-state index is 9.72. The van der Waals surface area contributed by atoms with Gasteiger partial charge in [0.25, 0.3) is 0 Å². The summed E-state index contributed by atoms with van der Waals surface area (Å²) in [5.41, 5.74) is 3.26. The molecule has 0 aliphatic carbocycles. The van der Waals surface area contributed by atoms with Gasteiger partial charge in [0.05, 0.1) is 12.7 Å². The van der Waals surface area contributed by atoms with Crippen molar-refractivity contribution in [3.63, 3.8) is 0 Å². The lowest BCUT2D eigenvalue weighted by atomic mass is 10.2. The summed E-state index contributed by atoms with van der Waals surface area (Å²) >= 11 is 0. The van der Waals surface area contributed by atoms with Crippen molar-refractivity contribution in [1.29, 1.82) is 0 Å². The Labute approximate surface area is 105 Å². The minimum atomic E-state index is -0.423. The third-order valence-electron chi connectivity index (χ3n) is 2.82. The van der Waals surface area contributed by atoms with Crippen LogP contribution in [0.2, 0.25) is 0 Å². The molecule has 5 heteroatoms. The lowest BCUT2D eigenvalue weighted by Crippen LogP contribution is -2.52. The third-order valence-corrected chi connectivity index (χ3v) is 2.82. The Morgan fingerprint density at radius 2 is 1.82 bits per heavy atom. The van der Waals surface area contributed by atoms with Crippen LogP contribution in [-0.2, 0) is 4.74 Å². The van der Waals surface area contributed by atoms with E-state index in [0.717, 1.165) is 26.2 Å². The number of nitrogens with one attached hydrogen (secondary N) is 1. The Balaban J connectivity index is 2.01. The largest absolute Gasteiger partial charge is 0.389 e. The maximum atomic E-state index is 9.72. The van der Waals surface area contributed by atoms with Gasteiger partial charge in [-0.25, -0.2) is 5.01 Å². The monoisotopic (exact) mass is 245 g/mol. The molecule has 1 saturated heterocycles. The van der Waals surface area contributed by atoms with E-state index in [2.05, 4.69) is 36.2 Å². The molecule has 0 bridgehead atoms. The summed E-state index contributed by atoms with van der Waals surface area (Å²) in [5, 5.41) is 11.9. The van der Waals surface area contributed by atoms with E-state index in [9.17, 15) is 5.11 Å². The van der Waals surface area contributed by atoms with Gasteiger partial charge in [0, 0.05) is 39.3 Å². The summed E-state index contributed by atoms with van der Waals surface area (Å²) < 4.78 is 5.40. The number of rotatable bonds is 7. The Bertz CT molecular complexity index is 194. The second-order valence-corrected chi connectivity index (χ2v) is 5.24. The number of aliphatic hydroxyl groups excluding tert-OH is 1. The molecular weight excluding hydrogens is 218 g/mol. The summed E-state index contributed by atoms with van der Waals surface area (Å²) in [7, 11) is 2.13. The number of piperazine rings is 1. The van der Waals surface area contributed by atoms with Crippen molar-refractivity contribution in [1.82, 2.24) is 15.3 Å². The predicted octanol–water partition coefficient (Wildman–Crippen LogP) is -0.228. The highest BCUT2D eigenvalue weighted by Crippen LogP contribution is 1.97. The van der Waals surface area contributed by atoms with E-state index in [1.165, 1.54) is 0 Å². The number of aliphatic hydroxyl groups is 1. The second-order valence-electron chi connectivity index (χ2n) is 5.24. The van der Waals surface area contributed by atoms with Gasteiger partial charge in [0.2, 0.25) is 0 Å². The van der Waals surface area contributed by atoms with E-state index in [0.29, 0.717) is 25.7 Å². The second kappa shape index (κ2) is 8.00. The van der Waals surface area contributed by atoms with Gasteiger partial charge in [-0.15, -0.1) is 0 Å². The summed E-state index contributed by atoms with van der Waals surface area (Å²) in [4.78, 5) is 2.31. The van der Waals surface area contributed by atoms with Crippen LogP contribution < -0.4 is 5.43 Å². The van der Waals surface area contributed by atoms with Crippen molar-refractivity contribution in [2.75, 3.05) is 53.0 Å². The van der Waals surface area contributed by atoms with E-state index in [-0.39, 0.29) is 0 Å². The fourth-order valence-corrected chi connectivity index (χ4v) is 1.70. The number of hydrazine groups is 1. The Morgan fingerprint density at radius 1 is 1.18 bits per heavy atom. The number of hydrogen-bond acceptors (Lipinski definition) is 5. The fraction of sp³-hybridized carbons (Fsp3) is 1.00. The smallest absolute Gasteiger partial charge is 0.0911 e. The van der Waals surface area contributed by atoms with Gasteiger partial charge in [-0.2, -0.15) is 0 Å². The normalized spacial score (nSPS) is 21.0. The molecular formula is C12H27N3O2. The van der Waals surface area contributed by atoms with Gasteiger partial charge in [0.15, 0.2) is 0 Å². The van der Waals surface area contributed by atoms with E-state index in [4.69, 9.17) is 4.74 Å². The molecule has 0 aromatic carbocycles. The zero-order valence-corrected chi connectivity index (χ0v) is 11.4. The first-order valence-corrected chi connectivity index (χ1v) is 6.50. The molecule has 17 heavy (non-hydrogen) atoms. The van der Waals surface area contributed by atoms with Gasteiger partial charge in [-0.3, -0.25) is 5.43 Å². The van der Waals surface area contributed by atoms with Crippen LogP contribution in [0.4, 0.5) is 0 Å². The molecule has 0 amide bonds. The van der Waals surface area contributed by atoms with Crippen LogP contribution in [-0.4, -0.2) is 74.1 Å². The Hall–Kier alpha value is -0.200. The van der Waals surface area contributed by atoms with Gasteiger partial charge >= 0.3 is 0 Å². The van der Waals surface area contributed by atoms with Crippen LogP contribution in [0.5, 0.6) is 0 Å². The molecule has 1 fully saturated rings. The summed E-state index contributed by atoms with van der Waals surface area (Å²) in [6, 6.07) is 0. The van der Waals surface area contributed by atoms with E-state index in [1.807, 2.05) is 0 Å². The van der Waals surface area contributed by atoms with Crippen LogP contribution in [0, 0.1) is 5.92 Å². The predicted molar refractivity (Wildman–Crippen MR) is 68.7 cm³/mol. The average Bonchev–Trinajstić information content (AvgIpc) is 2.28. The Morgan fingerprint density at radius 3 is 2.41 bits per heavy atom. The van der Waals surface area contributed by atoms with Crippen molar-refractivity contribution >= 4 is 0 Å². The summed E-state index contributed by atoms with van der Waals surface area (Å²) in [6.07, 6.45) is -0.423. The molecule has 0 radical (unpaired) electrons. The molecule has 1 heterocycles. The van der Waals surface area contributed by atoms with Gasteiger partial charge in [0.1, 0.15) is 0 Å². The number of ether oxygens (including phenoxy) is 1. The average molecular weight is 245 g/mol. The topological polar surface area (TPSA) is 48.0 Å². The van der Waals surface area contributed by atoms with Crippen LogP contribution in [0.25, 0.3) is 0 Å². The van der Waals surface area contributed by atoms with E-state index >= 15 is 0 Å². The van der Waals surface area contributed by atoms with Crippen molar-refractivity contribution in [2.24, 2.45) is 5.92 Å². The van der Waals surface area contributed by atoms with Gasteiger partial charge < -0.3 is 14.7 Å². The number of hydrogen-bond donors (Lipinski definition) is 2. The SMILES string of the molecule is CC(C)COCC(O)CNN1CCN(C)CC1. The first-order valence-electron chi connectivity index (χ1n) is 6.50. The highest BCUT2D eigenvalue weighted by molar-refractivity contribution is 4.67. The minimum Gasteiger partial charge on any atom is -0.389 e. The zero-order chi connectivity index (χ0) is 12.7. The van der Waals surface area contributed by atoms with Crippen molar-refractivity contribution in [3.8, 4) is 0 Å². The molecule has 2 N–H and O–H groups in total. The minimum absolute atomic E-state index is 0.416. The molecule has 1 rings (SSSR count). The first-order chi connectivity index (χ1) is 8.08. The van der Waals surface area contributed by atoms with E-state index < -0.39 is 6.10 Å². The fourth-order valence-electron chi connectivity index (χ4n) is 1.70. The van der Waals surface area contributed by atoms with Gasteiger partial charge in [-0.05, 0) is 13.0 Å². The number of likely N-dealkylation sites (N-methyl/N-ethyl adjacent to an activating group) is 1. The molecule has 0 aromatic heterocycles. The molecule has 1 aliphatic heterocycles. The molecule has 0 aromatic rings. The van der Waals surface area contributed by atoms with Gasteiger partial charge in [-0.1, -0.05) is 13.8 Å². The maximum Gasteiger partial charge on any atom is 0.0911 e. The molecule has 0 spiro atoms. The quantitative estimate of drug-likeness (QED) is 0.649. The zero-order valence-electron chi connectivity index (χ0n) is 11.4. The van der Waals surface area contributed by atoms with Crippen LogP contribution in [0.1, 0.15) is 13.8 Å². The highest BCUT2D eigenvalue weighted by Gasteiger charge is 2.14. The van der Waals surface area contributed by atoms with Crippen LogP contribution in [0.3, 0.4) is 0 Å². The molecule has 0 saturated carbocycles. The van der Waals surface area contributed by atoms with Crippen molar-refractivity contribution in [3.05, 3.63) is 0 Å². The van der Waals surface area contributed by atoms with Crippen LogP contribution in [0.15, 0.2) is 0 Å². The molecule has 1 aliphatic rings. The molecule has 1 atom stereocenters. The van der Waals surface area contributed by atoms with Crippen molar-refractivity contribution in [2.45, 2.75) is 20.0 Å². The van der Waals surface area contributed by atoms with Crippen molar-refractivity contribution < 1.29 is 9.84 Å². The summed E-state index contributed by atoms with van der Waals surface area (Å²) in [6.45, 7) is 10.1. The summed E-state index contributed by atoms with van der Waals surface area (Å²) in [5.74, 6) is 0.521. The Kier molecular flexibility index (Phi) is 6.99. The molecule has 1 unspecified atom stereocenters. The standard InChI is InChI=1S/C12H27N3O2/c1-11(2)9-17-10-12(16)8-13-15-6-4-14(3)5-7-15/h11-13,16H,4-10H2,1-3H3. The van der Waals surface area contributed by atoms with Crippen LogP contribution >= 0.6 is 0 Å². The lowest BCUT2D eigenvalue weighted by Gasteiger charge is -2.33. The third kappa shape index (κ3) is 6.95. The lowest BCUT2D eigenvalue weighted by molar-refractivity contribution is 0.00955. The molecule has 5 nitrogen and oxygen atoms in total.